The van der Waals surface area contributed by atoms with E-state index in [2.05, 4.69) is 25.6 Å². The van der Waals surface area contributed by atoms with Gasteiger partial charge in [0.15, 0.2) is 11.6 Å². The molecule has 0 saturated heterocycles. The summed E-state index contributed by atoms with van der Waals surface area (Å²) in [5.74, 6) is 1.86. The van der Waals surface area contributed by atoms with Crippen molar-refractivity contribution >= 4 is 22.8 Å². The van der Waals surface area contributed by atoms with Gasteiger partial charge in [-0.25, -0.2) is 14.8 Å². The number of hydrogen-bond donors (Lipinski definition) is 2. The molecule has 8 heteroatoms. The molecule has 0 unspecified atom stereocenters. The van der Waals surface area contributed by atoms with Gasteiger partial charge in [-0.1, -0.05) is 6.07 Å². The first-order chi connectivity index (χ1) is 15.2. The van der Waals surface area contributed by atoms with Crippen molar-refractivity contribution in [2.45, 2.75) is 6.92 Å². The highest BCUT2D eigenvalue weighted by molar-refractivity contribution is 5.90. The molecule has 0 bridgehead atoms. The van der Waals surface area contributed by atoms with Crippen LogP contribution in [-0.4, -0.2) is 34.6 Å². The summed E-state index contributed by atoms with van der Waals surface area (Å²) >= 11 is 0. The number of pyridine rings is 3. The molecule has 8 nitrogen and oxygen atoms in total. The number of carbonyl (C=O) groups is 1. The van der Waals surface area contributed by atoms with Crippen LogP contribution in [0.25, 0.3) is 22.0 Å². The van der Waals surface area contributed by atoms with Crippen LogP contribution in [0.3, 0.4) is 0 Å². The topological polar surface area (TPSA) is 98.3 Å². The van der Waals surface area contributed by atoms with Crippen LogP contribution in [0.15, 0.2) is 67.1 Å². The smallest absolute Gasteiger partial charge is 0.320 e. The molecule has 31 heavy (non-hydrogen) atoms. The van der Waals surface area contributed by atoms with Crippen molar-refractivity contribution in [3.63, 3.8) is 0 Å². The number of carbonyl (C=O) groups excluding carboxylic acids is 1. The Morgan fingerprint density at radius 1 is 1.00 bits per heavy atom. The Balaban J connectivity index is 1.69. The molecular weight excluding hydrogens is 394 g/mol. The Labute approximate surface area is 179 Å². The van der Waals surface area contributed by atoms with Gasteiger partial charge in [-0.3, -0.25) is 10.3 Å². The number of hydrogen-bond acceptors (Lipinski definition) is 6. The molecule has 0 aliphatic heterocycles. The minimum Gasteiger partial charge on any atom is -0.478 e. The van der Waals surface area contributed by atoms with Gasteiger partial charge in [0.05, 0.1) is 12.1 Å². The first-order valence-electron chi connectivity index (χ1n) is 9.77. The molecule has 156 valence electrons. The normalized spacial score (nSPS) is 10.5. The van der Waals surface area contributed by atoms with E-state index in [0.29, 0.717) is 29.8 Å². The molecule has 4 aromatic rings. The van der Waals surface area contributed by atoms with Gasteiger partial charge in [0.1, 0.15) is 5.75 Å². The third kappa shape index (κ3) is 4.69. The third-order valence-electron chi connectivity index (χ3n) is 4.48. The van der Waals surface area contributed by atoms with Gasteiger partial charge in [-0.15, -0.1) is 0 Å². The van der Waals surface area contributed by atoms with Crippen LogP contribution in [0, 0.1) is 0 Å². The fourth-order valence-corrected chi connectivity index (χ4v) is 2.97. The lowest BCUT2D eigenvalue weighted by Crippen LogP contribution is -2.25. The maximum absolute atomic E-state index is 11.9. The van der Waals surface area contributed by atoms with E-state index in [0.717, 1.165) is 22.0 Å². The highest BCUT2D eigenvalue weighted by atomic mass is 16.5. The van der Waals surface area contributed by atoms with Crippen LogP contribution >= 0.6 is 0 Å². The number of benzene rings is 1. The number of anilines is 1. The molecule has 0 aliphatic carbocycles. The Kier molecular flexibility index (Phi) is 5.89. The second-order valence-corrected chi connectivity index (χ2v) is 6.55. The molecule has 1 aromatic carbocycles. The van der Waals surface area contributed by atoms with Crippen molar-refractivity contribution in [1.29, 1.82) is 0 Å². The molecule has 2 amide bonds. The highest BCUT2D eigenvalue weighted by Gasteiger charge is 2.13. The second kappa shape index (κ2) is 9.08. The summed E-state index contributed by atoms with van der Waals surface area (Å²) in [7, 11) is 1.53. The quantitative estimate of drug-likeness (QED) is 0.476. The monoisotopic (exact) mass is 415 g/mol. The van der Waals surface area contributed by atoms with E-state index < -0.39 is 6.03 Å². The van der Waals surface area contributed by atoms with Crippen molar-refractivity contribution in [3.8, 4) is 28.5 Å². The van der Waals surface area contributed by atoms with Crippen LogP contribution in [0.1, 0.15) is 6.92 Å². The number of nitrogens with zero attached hydrogens (tertiary/aromatic N) is 3. The van der Waals surface area contributed by atoms with Crippen LogP contribution in [0.2, 0.25) is 0 Å². The van der Waals surface area contributed by atoms with Gasteiger partial charge in [0, 0.05) is 48.2 Å². The Hall–Kier alpha value is -4.20. The van der Waals surface area contributed by atoms with Crippen molar-refractivity contribution in [2.75, 3.05) is 19.0 Å². The van der Waals surface area contributed by atoms with Crippen molar-refractivity contribution in [2.24, 2.45) is 0 Å². The number of fused-ring (bicyclic) bond motifs is 1. The molecule has 2 N–H and O–H groups in total. The predicted molar refractivity (Wildman–Crippen MR) is 119 cm³/mol. The zero-order valence-electron chi connectivity index (χ0n) is 17.1. The van der Waals surface area contributed by atoms with Crippen molar-refractivity contribution < 1.29 is 14.3 Å². The average Bonchev–Trinajstić information content (AvgIpc) is 2.81. The lowest BCUT2D eigenvalue weighted by molar-refractivity contribution is 0.253. The zero-order chi connectivity index (χ0) is 21.6. The lowest BCUT2D eigenvalue weighted by Gasteiger charge is -2.13. The van der Waals surface area contributed by atoms with E-state index in [9.17, 15) is 4.79 Å². The molecular formula is C23H21N5O3. The Morgan fingerprint density at radius 2 is 1.87 bits per heavy atom. The molecule has 0 spiro atoms. The summed E-state index contributed by atoms with van der Waals surface area (Å²) in [6, 6.07) is 14.5. The van der Waals surface area contributed by atoms with E-state index in [-0.39, 0.29) is 0 Å². The molecule has 0 atom stereocenters. The van der Waals surface area contributed by atoms with Crippen molar-refractivity contribution in [3.05, 3.63) is 67.1 Å². The van der Waals surface area contributed by atoms with E-state index in [1.54, 1.807) is 24.7 Å². The average molecular weight is 415 g/mol. The SMILES string of the molecule is CCOc1ccc(-c2cnc(NC(=O)NC)c(Oc3ccc4ncccc4c3)c2)cn1. The maximum Gasteiger partial charge on any atom is 0.320 e. The summed E-state index contributed by atoms with van der Waals surface area (Å²) in [6.45, 7) is 2.46. The van der Waals surface area contributed by atoms with E-state index in [1.165, 1.54) is 7.05 Å². The first-order valence-corrected chi connectivity index (χ1v) is 9.77. The molecule has 3 heterocycles. The van der Waals surface area contributed by atoms with E-state index >= 15 is 0 Å². The fourth-order valence-electron chi connectivity index (χ4n) is 2.97. The molecule has 0 fully saturated rings. The molecule has 0 radical (unpaired) electrons. The first kappa shape index (κ1) is 20.1. The van der Waals surface area contributed by atoms with Gasteiger partial charge in [-0.05, 0) is 43.3 Å². The van der Waals surface area contributed by atoms with E-state index in [1.807, 2.05) is 49.4 Å². The number of amides is 2. The van der Waals surface area contributed by atoms with Gasteiger partial charge in [-0.2, -0.15) is 0 Å². The van der Waals surface area contributed by atoms with Gasteiger partial charge >= 0.3 is 6.03 Å². The summed E-state index contributed by atoms with van der Waals surface area (Å²) in [5.41, 5.74) is 2.50. The van der Waals surface area contributed by atoms with Crippen LogP contribution in [0.5, 0.6) is 17.4 Å². The maximum atomic E-state index is 11.9. The van der Waals surface area contributed by atoms with Gasteiger partial charge in [0.25, 0.3) is 0 Å². The van der Waals surface area contributed by atoms with Crippen LogP contribution in [0.4, 0.5) is 10.6 Å². The van der Waals surface area contributed by atoms with Crippen LogP contribution < -0.4 is 20.1 Å². The van der Waals surface area contributed by atoms with Gasteiger partial charge in [0.2, 0.25) is 5.88 Å². The van der Waals surface area contributed by atoms with Crippen molar-refractivity contribution in [1.82, 2.24) is 20.3 Å². The highest BCUT2D eigenvalue weighted by Crippen LogP contribution is 2.33. The van der Waals surface area contributed by atoms with E-state index in [4.69, 9.17) is 9.47 Å². The summed E-state index contributed by atoms with van der Waals surface area (Å²) in [6.07, 6.45) is 5.10. The number of ether oxygens (including phenoxy) is 2. The number of aromatic nitrogens is 3. The Morgan fingerprint density at radius 3 is 2.65 bits per heavy atom. The fraction of sp³-hybridized carbons (Fsp3) is 0.130. The largest absolute Gasteiger partial charge is 0.478 e. The standard InChI is InChI=1S/C23H21N5O3/c1-3-30-21-9-6-16(13-26-21)17-12-20(22(27-14-17)28-23(29)24-2)31-18-7-8-19-15(11-18)5-4-10-25-19/h4-14H,3H2,1-2H3,(H2,24,27,28,29). The zero-order valence-corrected chi connectivity index (χ0v) is 17.1. The second-order valence-electron chi connectivity index (χ2n) is 6.55. The van der Waals surface area contributed by atoms with Gasteiger partial charge < -0.3 is 14.8 Å². The number of rotatable bonds is 6. The molecule has 4 rings (SSSR count). The van der Waals surface area contributed by atoms with Crippen LogP contribution in [-0.2, 0) is 0 Å². The Bertz CT molecular complexity index is 1210. The number of nitrogens with one attached hydrogen (secondary N) is 2. The molecule has 3 aromatic heterocycles. The summed E-state index contributed by atoms with van der Waals surface area (Å²) in [5, 5.41) is 6.15. The minimum absolute atomic E-state index is 0.299. The lowest BCUT2D eigenvalue weighted by atomic mass is 10.1. The summed E-state index contributed by atoms with van der Waals surface area (Å²) < 4.78 is 11.5. The minimum atomic E-state index is -0.393. The third-order valence-corrected chi connectivity index (χ3v) is 4.48. The molecule has 0 saturated carbocycles. The summed E-state index contributed by atoms with van der Waals surface area (Å²) in [4.78, 5) is 24.9. The number of urea groups is 1. The predicted octanol–water partition coefficient (Wildman–Crippen LogP) is 4.63. The molecule has 0 aliphatic rings.